The molecule has 1 aromatic heterocycles. The Balaban J connectivity index is 1.36. The van der Waals surface area contributed by atoms with E-state index in [1.54, 1.807) is 12.4 Å². The first-order valence-electron chi connectivity index (χ1n) is 7.71. The summed E-state index contributed by atoms with van der Waals surface area (Å²) in [6.45, 7) is 2.96. The van der Waals surface area contributed by atoms with Crippen molar-refractivity contribution in [1.82, 2.24) is 15.2 Å². The molecule has 4 nitrogen and oxygen atoms in total. The molecule has 0 atom stereocenters. The highest BCUT2D eigenvalue weighted by Gasteiger charge is 2.32. The first-order valence-corrected chi connectivity index (χ1v) is 7.71. The van der Waals surface area contributed by atoms with Crippen LogP contribution >= 0.6 is 0 Å². The summed E-state index contributed by atoms with van der Waals surface area (Å²) in [6.07, 6.45) is 9.35. The van der Waals surface area contributed by atoms with E-state index < -0.39 is 0 Å². The molecule has 1 amide bonds. The van der Waals surface area contributed by atoms with Crippen LogP contribution in [0.1, 0.15) is 37.7 Å². The fourth-order valence-corrected chi connectivity index (χ4v) is 3.00. The molecule has 0 aromatic carbocycles. The number of piperidine rings is 1. The highest BCUT2D eigenvalue weighted by Crippen LogP contribution is 2.31. The quantitative estimate of drug-likeness (QED) is 0.892. The summed E-state index contributed by atoms with van der Waals surface area (Å²) < 4.78 is 0. The Bertz CT molecular complexity index is 436. The van der Waals surface area contributed by atoms with E-state index in [0.717, 1.165) is 11.6 Å². The molecule has 4 heteroatoms. The molecule has 2 fully saturated rings. The van der Waals surface area contributed by atoms with Crippen molar-refractivity contribution < 1.29 is 4.79 Å². The van der Waals surface area contributed by atoms with Crippen molar-refractivity contribution in [3.8, 4) is 0 Å². The van der Waals surface area contributed by atoms with Gasteiger partial charge in [-0.25, -0.2) is 0 Å². The van der Waals surface area contributed by atoms with E-state index >= 15 is 0 Å². The van der Waals surface area contributed by atoms with Crippen molar-refractivity contribution in [2.45, 2.75) is 44.7 Å². The Morgan fingerprint density at radius 1 is 1.30 bits per heavy atom. The van der Waals surface area contributed by atoms with Crippen LogP contribution in [0.5, 0.6) is 0 Å². The number of aromatic nitrogens is 1. The summed E-state index contributed by atoms with van der Waals surface area (Å²) in [5, 5.41) is 3.00. The number of pyridine rings is 1. The second-order valence-electron chi connectivity index (χ2n) is 6.05. The lowest BCUT2D eigenvalue weighted by Gasteiger charge is -2.31. The number of amides is 1. The predicted molar refractivity (Wildman–Crippen MR) is 78.0 cm³/mol. The fraction of sp³-hybridized carbons (Fsp3) is 0.625. The molecule has 1 aliphatic carbocycles. The molecule has 2 aliphatic rings. The third-order valence-corrected chi connectivity index (χ3v) is 4.40. The van der Waals surface area contributed by atoms with E-state index in [0.29, 0.717) is 18.9 Å². The number of rotatable bonds is 5. The minimum atomic E-state index is 0.179. The summed E-state index contributed by atoms with van der Waals surface area (Å²) in [6, 6.07) is 4.76. The molecule has 2 heterocycles. The van der Waals surface area contributed by atoms with Crippen LogP contribution in [0.25, 0.3) is 0 Å². The summed E-state index contributed by atoms with van der Waals surface area (Å²) in [4.78, 5) is 18.6. The van der Waals surface area contributed by atoms with Gasteiger partial charge >= 0.3 is 0 Å². The largest absolute Gasteiger partial charge is 0.352 e. The minimum Gasteiger partial charge on any atom is -0.352 e. The molecule has 0 bridgehead atoms. The van der Waals surface area contributed by atoms with Gasteiger partial charge in [-0.05, 0) is 56.3 Å². The van der Waals surface area contributed by atoms with Crippen molar-refractivity contribution in [3.05, 3.63) is 30.1 Å². The molecule has 108 valence electrons. The van der Waals surface area contributed by atoms with Crippen molar-refractivity contribution in [2.24, 2.45) is 5.92 Å². The highest BCUT2D eigenvalue weighted by atomic mass is 16.1. The molecular weight excluding hydrogens is 250 g/mol. The van der Waals surface area contributed by atoms with E-state index in [-0.39, 0.29) is 5.91 Å². The number of nitrogens with one attached hydrogen (secondary N) is 1. The summed E-state index contributed by atoms with van der Waals surface area (Å²) in [7, 11) is 0. The number of hydrogen-bond acceptors (Lipinski definition) is 3. The van der Waals surface area contributed by atoms with Crippen LogP contribution < -0.4 is 5.32 Å². The molecule has 1 N–H and O–H groups in total. The van der Waals surface area contributed by atoms with Crippen LogP contribution in [0, 0.1) is 5.92 Å². The fourth-order valence-electron chi connectivity index (χ4n) is 3.00. The molecule has 1 saturated carbocycles. The van der Waals surface area contributed by atoms with Crippen LogP contribution in [0.4, 0.5) is 0 Å². The van der Waals surface area contributed by atoms with Crippen molar-refractivity contribution in [3.63, 3.8) is 0 Å². The zero-order valence-corrected chi connectivity index (χ0v) is 11.9. The Hall–Kier alpha value is -1.42. The predicted octanol–water partition coefficient (Wildman–Crippen LogP) is 1.96. The molecule has 20 heavy (non-hydrogen) atoms. The van der Waals surface area contributed by atoms with Crippen molar-refractivity contribution >= 4 is 5.91 Å². The Morgan fingerprint density at radius 2 is 2.10 bits per heavy atom. The van der Waals surface area contributed by atoms with E-state index in [4.69, 9.17) is 0 Å². The number of likely N-dealkylation sites (tertiary alicyclic amines) is 1. The second-order valence-corrected chi connectivity index (χ2v) is 6.05. The number of hydrogen-bond donors (Lipinski definition) is 1. The first-order chi connectivity index (χ1) is 9.81. The minimum absolute atomic E-state index is 0.179. The number of nitrogens with zero attached hydrogens (tertiary/aromatic N) is 2. The maximum atomic E-state index is 12.0. The van der Waals surface area contributed by atoms with Gasteiger partial charge in [-0.3, -0.25) is 9.78 Å². The molecule has 1 aliphatic heterocycles. The smallest absolute Gasteiger partial charge is 0.220 e. The Morgan fingerprint density at radius 3 is 2.75 bits per heavy atom. The average molecular weight is 273 g/mol. The zero-order valence-electron chi connectivity index (χ0n) is 11.9. The highest BCUT2D eigenvalue weighted by molar-refractivity contribution is 5.76. The van der Waals surface area contributed by atoms with E-state index in [1.165, 1.54) is 38.8 Å². The molecule has 0 unspecified atom stereocenters. The Kier molecular flexibility index (Phi) is 4.31. The van der Waals surface area contributed by atoms with Crippen LogP contribution in [0.3, 0.4) is 0 Å². The SMILES string of the molecule is O=C(CC1CCN(C2CC2)CC1)NCc1cccnc1. The normalized spacial score (nSPS) is 20.8. The first kappa shape index (κ1) is 13.6. The topological polar surface area (TPSA) is 45.2 Å². The van der Waals surface area contributed by atoms with Gasteiger partial charge in [0.15, 0.2) is 0 Å². The second kappa shape index (κ2) is 6.35. The number of carbonyl (C=O) groups excluding carboxylic acids is 1. The monoisotopic (exact) mass is 273 g/mol. The van der Waals surface area contributed by atoms with Gasteiger partial charge in [-0.15, -0.1) is 0 Å². The molecule has 0 spiro atoms. The molecule has 1 saturated heterocycles. The lowest BCUT2D eigenvalue weighted by molar-refractivity contribution is -0.122. The van der Waals surface area contributed by atoms with Gasteiger partial charge in [-0.1, -0.05) is 6.07 Å². The van der Waals surface area contributed by atoms with Crippen LogP contribution in [0.2, 0.25) is 0 Å². The van der Waals surface area contributed by atoms with Crippen molar-refractivity contribution in [1.29, 1.82) is 0 Å². The van der Waals surface area contributed by atoms with Gasteiger partial charge < -0.3 is 10.2 Å². The van der Waals surface area contributed by atoms with Crippen LogP contribution in [-0.2, 0) is 11.3 Å². The lowest BCUT2D eigenvalue weighted by atomic mass is 9.93. The summed E-state index contributed by atoms with van der Waals surface area (Å²) in [5.41, 5.74) is 1.06. The molecular formula is C16H23N3O. The average Bonchev–Trinajstić information content (AvgIpc) is 3.32. The zero-order chi connectivity index (χ0) is 13.8. The standard InChI is InChI=1S/C16H23N3O/c20-16(18-12-14-2-1-7-17-11-14)10-13-5-8-19(9-6-13)15-3-4-15/h1-2,7,11,13,15H,3-6,8-10,12H2,(H,18,20). The van der Waals surface area contributed by atoms with Gasteiger partial charge in [0.05, 0.1) is 0 Å². The van der Waals surface area contributed by atoms with E-state index in [2.05, 4.69) is 15.2 Å². The van der Waals surface area contributed by atoms with Gasteiger partial charge in [-0.2, -0.15) is 0 Å². The van der Waals surface area contributed by atoms with E-state index in [1.807, 2.05) is 12.1 Å². The lowest BCUT2D eigenvalue weighted by Crippen LogP contribution is -2.37. The Labute approximate surface area is 120 Å². The van der Waals surface area contributed by atoms with E-state index in [9.17, 15) is 4.79 Å². The van der Waals surface area contributed by atoms with Crippen molar-refractivity contribution in [2.75, 3.05) is 13.1 Å². The third-order valence-electron chi connectivity index (χ3n) is 4.40. The summed E-state index contributed by atoms with van der Waals surface area (Å²) >= 11 is 0. The van der Waals surface area contributed by atoms with Gasteiger partial charge in [0, 0.05) is 31.4 Å². The summed E-state index contributed by atoms with van der Waals surface area (Å²) in [5.74, 6) is 0.748. The molecule has 3 rings (SSSR count). The molecule has 0 radical (unpaired) electrons. The maximum Gasteiger partial charge on any atom is 0.220 e. The van der Waals surface area contributed by atoms with Gasteiger partial charge in [0.2, 0.25) is 5.91 Å². The molecule has 1 aromatic rings. The van der Waals surface area contributed by atoms with Gasteiger partial charge in [0.1, 0.15) is 0 Å². The maximum absolute atomic E-state index is 12.0. The number of carbonyl (C=O) groups is 1. The third kappa shape index (κ3) is 3.79. The van der Waals surface area contributed by atoms with Crippen LogP contribution in [0.15, 0.2) is 24.5 Å². The van der Waals surface area contributed by atoms with Gasteiger partial charge in [0.25, 0.3) is 0 Å². The van der Waals surface area contributed by atoms with Crippen LogP contribution in [-0.4, -0.2) is 34.9 Å².